The van der Waals surface area contributed by atoms with E-state index in [1.54, 1.807) is 6.07 Å². The van der Waals surface area contributed by atoms with Gasteiger partial charge in [-0.3, -0.25) is 0 Å². The third-order valence-corrected chi connectivity index (χ3v) is 2.48. The van der Waals surface area contributed by atoms with Crippen LogP contribution in [0.5, 0.6) is 0 Å². The van der Waals surface area contributed by atoms with E-state index in [1.807, 2.05) is 0 Å². The second-order valence-electron chi connectivity index (χ2n) is 2.10. The maximum atomic E-state index is 13.1. The molecule has 0 N–H and O–H groups in total. The van der Waals surface area contributed by atoms with Crippen LogP contribution in [0.1, 0.15) is 0 Å². The molecule has 1 nitrogen and oxygen atoms in total. The molecule has 1 aromatic carbocycles. The van der Waals surface area contributed by atoms with Gasteiger partial charge in [0.15, 0.2) is 5.82 Å². The highest BCUT2D eigenvalue weighted by Crippen LogP contribution is 2.26. The molecule has 0 atom stereocenters. The van der Waals surface area contributed by atoms with Crippen molar-refractivity contribution in [2.24, 2.45) is 0 Å². The van der Waals surface area contributed by atoms with Crippen LogP contribution < -0.4 is 0 Å². The van der Waals surface area contributed by atoms with Crippen LogP contribution in [0.15, 0.2) is 18.3 Å². The fraction of sp³-hybridized carbons (Fsp3) is 0. The quantitative estimate of drug-likeness (QED) is 0.618. The summed E-state index contributed by atoms with van der Waals surface area (Å²) < 4.78 is 17.7. The Morgan fingerprint density at radius 2 is 2.27 bits per heavy atom. The zero-order chi connectivity index (χ0) is 7.84. The van der Waals surface area contributed by atoms with Crippen molar-refractivity contribution in [1.29, 1.82) is 0 Å². The largest absolute Gasteiger partial charge is 0.205 e. The van der Waals surface area contributed by atoms with Gasteiger partial charge < -0.3 is 0 Å². The maximum Gasteiger partial charge on any atom is 0.152 e. The third kappa shape index (κ3) is 1.01. The lowest BCUT2D eigenvalue weighted by molar-refractivity contribution is 0.640. The molecular weight excluding hydrogens is 185 g/mol. The molecular formula is C7H3ClFNS. The first-order valence-corrected chi connectivity index (χ1v) is 4.12. The molecule has 4 heteroatoms. The van der Waals surface area contributed by atoms with E-state index >= 15 is 0 Å². The average molecular weight is 188 g/mol. The van der Waals surface area contributed by atoms with E-state index in [9.17, 15) is 4.39 Å². The highest BCUT2D eigenvalue weighted by molar-refractivity contribution is 7.13. The lowest BCUT2D eigenvalue weighted by Crippen LogP contribution is -1.75. The SMILES string of the molecule is Fc1c(Cl)ccc2sncc12. The highest BCUT2D eigenvalue weighted by Gasteiger charge is 2.05. The Balaban J connectivity index is 2.93. The lowest BCUT2D eigenvalue weighted by atomic mass is 10.3. The lowest BCUT2D eigenvalue weighted by Gasteiger charge is -1.92. The normalized spacial score (nSPS) is 10.7. The van der Waals surface area contributed by atoms with Crippen LogP contribution in [0, 0.1) is 5.82 Å². The van der Waals surface area contributed by atoms with Gasteiger partial charge in [0.25, 0.3) is 0 Å². The van der Waals surface area contributed by atoms with E-state index in [2.05, 4.69) is 4.37 Å². The predicted octanol–water partition coefficient (Wildman–Crippen LogP) is 3.09. The minimum absolute atomic E-state index is 0.151. The van der Waals surface area contributed by atoms with Gasteiger partial charge in [-0.25, -0.2) is 4.39 Å². The number of benzene rings is 1. The first-order valence-electron chi connectivity index (χ1n) is 2.97. The second kappa shape index (κ2) is 2.43. The fourth-order valence-electron chi connectivity index (χ4n) is 0.884. The van der Waals surface area contributed by atoms with Gasteiger partial charge >= 0.3 is 0 Å². The summed E-state index contributed by atoms with van der Waals surface area (Å²) in [7, 11) is 0. The number of nitrogens with zero attached hydrogens (tertiary/aromatic N) is 1. The van der Waals surface area contributed by atoms with Crippen LogP contribution >= 0.6 is 23.1 Å². The van der Waals surface area contributed by atoms with Gasteiger partial charge in [0.05, 0.1) is 15.9 Å². The average Bonchev–Trinajstić information content (AvgIpc) is 2.45. The Bertz CT molecular complexity index is 398. The van der Waals surface area contributed by atoms with E-state index < -0.39 is 0 Å². The second-order valence-corrected chi connectivity index (χ2v) is 3.34. The summed E-state index contributed by atoms with van der Waals surface area (Å²) in [6, 6.07) is 3.30. The van der Waals surface area contributed by atoms with Gasteiger partial charge in [-0.05, 0) is 23.7 Å². The summed E-state index contributed by atoms with van der Waals surface area (Å²) in [5, 5.41) is 0.653. The van der Waals surface area contributed by atoms with E-state index in [-0.39, 0.29) is 10.8 Å². The monoisotopic (exact) mass is 187 g/mol. The molecule has 0 aliphatic rings. The summed E-state index contributed by atoms with van der Waals surface area (Å²) in [6.07, 6.45) is 1.49. The van der Waals surface area contributed by atoms with Gasteiger partial charge in [0, 0.05) is 5.39 Å². The molecule has 0 saturated carbocycles. The van der Waals surface area contributed by atoms with Crippen LogP contribution in [0.3, 0.4) is 0 Å². The molecule has 56 valence electrons. The standard InChI is InChI=1S/C7H3ClFNS/c8-5-1-2-6-4(7(5)9)3-10-11-6/h1-3H. The molecule has 1 heterocycles. The van der Waals surface area contributed by atoms with Crippen molar-refractivity contribution in [1.82, 2.24) is 4.37 Å². The topological polar surface area (TPSA) is 12.9 Å². The fourth-order valence-corrected chi connectivity index (χ4v) is 1.69. The molecule has 0 radical (unpaired) electrons. The smallest absolute Gasteiger partial charge is 0.152 e. The van der Waals surface area contributed by atoms with Crippen molar-refractivity contribution in [3.63, 3.8) is 0 Å². The number of fused-ring (bicyclic) bond motifs is 1. The maximum absolute atomic E-state index is 13.1. The minimum atomic E-state index is -0.377. The summed E-state index contributed by atoms with van der Waals surface area (Å²) in [5.41, 5.74) is 0. The first-order chi connectivity index (χ1) is 5.29. The molecule has 0 amide bonds. The molecule has 1 aromatic heterocycles. The van der Waals surface area contributed by atoms with Crippen LogP contribution in [0.2, 0.25) is 5.02 Å². The van der Waals surface area contributed by atoms with Gasteiger partial charge in [-0.15, -0.1) is 0 Å². The number of hydrogen-bond acceptors (Lipinski definition) is 2. The van der Waals surface area contributed by atoms with Gasteiger partial charge in [-0.2, -0.15) is 4.37 Å². The minimum Gasteiger partial charge on any atom is -0.205 e. The highest BCUT2D eigenvalue weighted by atomic mass is 35.5. The van der Waals surface area contributed by atoms with Crippen molar-refractivity contribution in [2.75, 3.05) is 0 Å². The Labute approximate surface area is 71.6 Å². The molecule has 0 fully saturated rings. The number of halogens is 2. The molecule has 0 spiro atoms. The molecule has 0 bridgehead atoms. The van der Waals surface area contributed by atoms with Crippen molar-refractivity contribution >= 4 is 33.2 Å². The van der Waals surface area contributed by atoms with Crippen molar-refractivity contribution < 1.29 is 4.39 Å². The Morgan fingerprint density at radius 1 is 1.45 bits per heavy atom. The van der Waals surface area contributed by atoms with Gasteiger partial charge in [-0.1, -0.05) is 11.6 Å². The Morgan fingerprint density at radius 3 is 3.09 bits per heavy atom. The van der Waals surface area contributed by atoms with Crippen LogP contribution in [0.4, 0.5) is 4.39 Å². The van der Waals surface area contributed by atoms with Crippen LogP contribution in [-0.2, 0) is 0 Å². The molecule has 2 aromatic rings. The molecule has 0 aliphatic heterocycles. The summed E-state index contributed by atoms with van der Waals surface area (Å²) >= 11 is 6.81. The van der Waals surface area contributed by atoms with Crippen molar-refractivity contribution in [2.45, 2.75) is 0 Å². The summed E-state index contributed by atoms with van der Waals surface area (Å²) in [6.45, 7) is 0. The Kier molecular flexibility index (Phi) is 1.55. The molecule has 0 saturated heterocycles. The van der Waals surface area contributed by atoms with E-state index in [1.165, 1.54) is 23.8 Å². The molecule has 0 unspecified atom stereocenters. The van der Waals surface area contributed by atoms with Gasteiger partial charge in [0.2, 0.25) is 0 Å². The third-order valence-electron chi connectivity index (χ3n) is 1.43. The number of rotatable bonds is 0. The van der Waals surface area contributed by atoms with Gasteiger partial charge in [0.1, 0.15) is 0 Å². The zero-order valence-corrected chi connectivity index (χ0v) is 6.92. The summed E-state index contributed by atoms with van der Waals surface area (Å²) in [4.78, 5) is 0. The molecule has 2 rings (SSSR count). The first kappa shape index (κ1) is 7.00. The number of hydrogen-bond donors (Lipinski definition) is 0. The predicted molar refractivity (Wildman–Crippen MR) is 44.6 cm³/mol. The number of aromatic nitrogens is 1. The van der Waals surface area contributed by atoms with Crippen molar-refractivity contribution in [3.8, 4) is 0 Å². The van der Waals surface area contributed by atoms with E-state index in [0.29, 0.717) is 5.39 Å². The molecule has 11 heavy (non-hydrogen) atoms. The summed E-state index contributed by atoms with van der Waals surface area (Å²) in [5.74, 6) is -0.377. The van der Waals surface area contributed by atoms with E-state index in [0.717, 1.165) is 4.70 Å². The van der Waals surface area contributed by atoms with Crippen molar-refractivity contribution in [3.05, 3.63) is 29.2 Å². The molecule has 0 aliphatic carbocycles. The van der Waals surface area contributed by atoms with Crippen LogP contribution in [-0.4, -0.2) is 4.37 Å². The zero-order valence-electron chi connectivity index (χ0n) is 5.34. The van der Waals surface area contributed by atoms with E-state index in [4.69, 9.17) is 11.6 Å². The van der Waals surface area contributed by atoms with Crippen LogP contribution in [0.25, 0.3) is 10.1 Å². The Hall–Kier alpha value is -0.670.